The van der Waals surface area contributed by atoms with Gasteiger partial charge in [-0.3, -0.25) is 4.79 Å². The van der Waals surface area contributed by atoms with Crippen molar-refractivity contribution in [2.45, 2.75) is 32.6 Å². The smallest absolute Gasteiger partial charge is 0.239 e. The lowest BCUT2D eigenvalue weighted by Crippen LogP contribution is -2.32. The second-order valence-corrected chi connectivity index (χ2v) is 8.09. The number of fused-ring (bicyclic) bond motifs is 1. The van der Waals surface area contributed by atoms with E-state index in [4.69, 9.17) is 11.6 Å². The first-order chi connectivity index (χ1) is 13.3. The molecule has 28 heavy (non-hydrogen) atoms. The Morgan fingerprint density at radius 3 is 2.39 bits per heavy atom. The van der Waals surface area contributed by atoms with Crippen LogP contribution in [-0.2, 0) is 16.6 Å². The van der Waals surface area contributed by atoms with Crippen LogP contribution in [0.15, 0.2) is 54.6 Å². The summed E-state index contributed by atoms with van der Waals surface area (Å²) in [7, 11) is 0. The molecular formula is C24H22ClNO2. The highest BCUT2D eigenvalue weighted by Gasteiger charge is 2.44. The van der Waals surface area contributed by atoms with Gasteiger partial charge in [0.25, 0.3) is 0 Å². The minimum Gasteiger partial charge on any atom is -0.507 e. The molecule has 1 heterocycles. The number of anilines is 1. The number of phenols is 1. The highest BCUT2D eigenvalue weighted by molar-refractivity contribution is 6.31. The molecule has 4 rings (SSSR count). The molecule has 1 atom stereocenters. The highest BCUT2D eigenvalue weighted by Crippen LogP contribution is 2.44. The van der Waals surface area contributed by atoms with Gasteiger partial charge in [-0.15, -0.1) is 0 Å². The number of halogens is 1. The lowest BCUT2D eigenvalue weighted by Gasteiger charge is -2.24. The SMILES string of the molecule is Cc1cc(C2(C)C(=O)Nc3cc(Cc4ccccc4Cl)ccc32)cc(C)c1O. The first-order valence-corrected chi connectivity index (χ1v) is 9.67. The van der Waals surface area contributed by atoms with E-state index in [1.54, 1.807) is 0 Å². The molecule has 0 fully saturated rings. The normalized spacial score (nSPS) is 18.1. The monoisotopic (exact) mass is 391 g/mol. The summed E-state index contributed by atoms with van der Waals surface area (Å²) in [5, 5.41) is 13.9. The second kappa shape index (κ2) is 6.68. The summed E-state index contributed by atoms with van der Waals surface area (Å²) in [6.07, 6.45) is 0.705. The van der Waals surface area contributed by atoms with Crippen LogP contribution in [0.5, 0.6) is 5.75 Å². The van der Waals surface area contributed by atoms with Crippen LogP contribution in [0.4, 0.5) is 5.69 Å². The number of hydrogen-bond acceptors (Lipinski definition) is 2. The molecule has 4 heteroatoms. The molecule has 2 N–H and O–H groups in total. The van der Waals surface area contributed by atoms with Crippen molar-refractivity contribution >= 4 is 23.2 Å². The molecule has 0 saturated carbocycles. The van der Waals surface area contributed by atoms with Gasteiger partial charge < -0.3 is 10.4 Å². The molecule has 0 aromatic heterocycles. The van der Waals surface area contributed by atoms with Crippen LogP contribution < -0.4 is 5.32 Å². The van der Waals surface area contributed by atoms with Gasteiger partial charge in [0.1, 0.15) is 5.75 Å². The van der Waals surface area contributed by atoms with E-state index in [0.717, 1.165) is 44.1 Å². The quantitative estimate of drug-likeness (QED) is 0.618. The predicted molar refractivity (Wildman–Crippen MR) is 113 cm³/mol. The molecule has 1 amide bonds. The number of rotatable bonds is 3. The van der Waals surface area contributed by atoms with Gasteiger partial charge in [0.05, 0.1) is 5.41 Å². The first kappa shape index (κ1) is 18.6. The van der Waals surface area contributed by atoms with Gasteiger partial charge in [-0.25, -0.2) is 0 Å². The predicted octanol–water partition coefficient (Wildman–Crippen LogP) is 5.51. The number of nitrogens with one attached hydrogen (secondary N) is 1. The average molecular weight is 392 g/mol. The maximum atomic E-state index is 13.0. The van der Waals surface area contributed by atoms with E-state index in [-0.39, 0.29) is 11.7 Å². The van der Waals surface area contributed by atoms with Crippen LogP contribution >= 0.6 is 11.6 Å². The van der Waals surface area contributed by atoms with E-state index >= 15 is 0 Å². The van der Waals surface area contributed by atoms with Crippen molar-refractivity contribution in [3.05, 3.63) is 93.0 Å². The summed E-state index contributed by atoms with van der Waals surface area (Å²) in [6.45, 7) is 5.65. The molecule has 0 bridgehead atoms. The van der Waals surface area contributed by atoms with Crippen molar-refractivity contribution in [3.8, 4) is 5.75 Å². The lowest BCUT2D eigenvalue weighted by molar-refractivity contribution is -0.119. The number of aryl methyl sites for hydroxylation is 2. The zero-order valence-electron chi connectivity index (χ0n) is 16.1. The highest BCUT2D eigenvalue weighted by atomic mass is 35.5. The molecule has 1 aliphatic heterocycles. The van der Waals surface area contributed by atoms with Crippen LogP contribution in [0.2, 0.25) is 5.02 Å². The molecule has 0 spiro atoms. The fourth-order valence-corrected chi connectivity index (χ4v) is 4.21. The van der Waals surface area contributed by atoms with Crippen molar-refractivity contribution in [1.29, 1.82) is 0 Å². The Hall–Kier alpha value is -2.78. The molecule has 3 aromatic rings. The number of aromatic hydroxyl groups is 1. The van der Waals surface area contributed by atoms with Crippen LogP contribution in [-0.4, -0.2) is 11.0 Å². The Labute approximate surface area is 170 Å². The zero-order chi connectivity index (χ0) is 20.1. The third-order valence-electron chi connectivity index (χ3n) is 5.75. The van der Waals surface area contributed by atoms with Gasteiger partial charge in [0.2, 0.25) is 5.91 Å². The van der Waals surface area contributed by atoms with E-state index in [9.17, 15) is 9.90 Å². The third-order valence-corrected chi connectivity index (χ3v) is 6.11. The van der Waals surface area contributed by atoms with Crippen LogP contribution in [0.3, 0.4) is 0 Å². The van der Waals surface area contributed by atoms with Crippen molar-refractivity contribution in [2.75, 3.05) is 5.32 Å². The van der Waals surface area contributed by atoms with Crippen molar-refractivity contribution in [1.82, 2.24) is 0 Å². The lowest BCUT2D eigenvalue weighted by atomic mass is 9.76. The van der Waals surface area contributed by atoms with Crippen molar-refractivity contribution in [3.63, 3.8) is 0 Å². The van der Waals surface area contributed by atoms with E-state index in [0.29, 0.717) is 6.42 Å². The van der Waals surface area contributed by atoms with Crippen molar-refractivity contribution < 1.29 is 9.90 Å². The average Bonchev–Trinajstić information content (AvgIpc) is 2.92. The Balaban J connectivity index is 1.75. The number of carbonyl (C=O) groups is 1. The summed E-state index contributed by atoms with van der Waals surface area (Å²) in [6, 6.07) is 17.7. The fourth-order valence-electron chi connectivity index (χ4n) is 4.00. The summed E-state index contributed by atoms with van der Waals surface area (Å²) < 4.78 is 0. The van der Waals surface area contributed by atoms with E-state index in [1.807, 2.05) is 69.3 Å². The maximum Gasteiger partial charge on any atom is 0.239 e. The Kier molecular flexibility index (Phi) is 4.43. The molecule has 1 unspecified atom stereocenters. The standard InChI is InChI=1S/C24H22ClNO2/c1-14-10-18(11-15(2)22(14)27)24(3)19-9-8-16(13-21(19)26-23(24)28)12-17-6-4-5-7-20(17)25/h4-11,13,27H,12H2,1-3H3,(H,26,28). The molecule has 0 radical (unpaired) electrons. The van der Waals surface area contributed by atoms with Crippen LogP contribution in [0, 0.1) is 13.8 Å². The Bertz CT molecular complexity index is 1080. The summed E-state index contributed by atoms with van der Waals surface area (Å²) in [5.74, 6) is 0.225. The number of benzene rings is 3. The second-order valence-electron chi connectivity index (χ2n) is 7.69. The van der Waals surface area contributed by atoms with Crippen LogP contribution in [0.25, 0.3) is 0 Å². The molecular weight excluding hydrogens is 370 g/mol. The zero-order valence-corrected chi connectivity index (χ0v) is 16.9. The molecule has 3 nitrogen and oxygen atoms in total. The van der Waals surface area contributed by atoms with Crippen molar-refractivity contribution in [2.24, 2.45) is 0 Å². The third kappa shape index (κ3) is 2.87. The van der Waals surface area contributed by atoms with Gasteiger partial charge in [0, 0.05) is 10.7 Å². The first-order valence-electron chi connectivity index (χ1n) is 9.29. The minimum absolute atomic E-state index is 0.0538. The summed E-state index contributed by atoms with van der Waals surface area (Å²) >= 11 is 6.29. The van der Waals surface area contributed by atoms with Gasteiger partial charge >= 0.3 is 0 Å². The Morgan fingerprint density at radius 1 is 1.04 bits per heavy atom. The number of carbonyl (C=O) groups excluding carboxylic acids is 1. The Morgan fingerprint density at radius 2 is 1.71 bits per heavy atom. The largest absolute Gasteiger partial charge is 0.507 e. The molecule has 142 valence electrons. The van der Waals surface area contributed by atoms with E-state index in [2.05, 4.69) is 11.4 Å². The van der Waals surface area contributed by atoms with Gasteiger partial charge in [-0.1, -0.05) is 54.1 Å². The van der Waals surface area contributed by atoms with E-state index < -0.39 is 5.41 Å². The number of amides is 1. The molecule has 1 aliphatic rings. The minimum atomic E-state index is -0.790. The molecule has 0 saturated heterocycles. The topological polar surface area (TPSA) is 49.3 Å². The molecule has 0 aliphatic carbocycles. The molecule has 3 aromatic carbocycles. The van der Waals surface area contributed by atoms with Crippen LogP contribution in [0.1, 0.15) is 40.3 Å². The fraction of sp³-hybridized carbons (Fsp3) is 0.208. The van der Waals surface area contributed by atoms with Gasteiger partial charge in [0.15, 0.2) is 0 Å². The number of hydrogen-bond donors (Lipinski definition) is 2. The maximum absolute atomic E-state index is 13.0. The van der Waals surface area contributed by atoms with Gasteiger partial charge in [-0.2, -0.15) is 0 Å². The van der Waals surface area contributed by atoms with E-state index in [1.165, 1.54) is 0 Å². The summed E-state index contributed by atoms with van der Waals surface area (Å²) in [4.78, 5) is 13.0. The summed E-state index contributed by atoms with van der Waals surface area (Å²) in [5.41, 5.74) is 5.57. The van der Waals surface area contributed by atoms with Gasteiger partial charge in [-0.05, 0) is 72.7 Å². The number of phenolic OH excluding ortho intramolecular Hbond substituents is 1.